The highest BCUT2D eigenvalue weighted by molar-refractivity contribution is 5.72. The minimum Gasteiger partial charge on any atom is -0.508 e. The molecule has 6 heteroatoms. The highest BCUT2D eigenvalue weighted by atomic mass is 16.5. The highest BCUT2D eigenvalue weighted by Gasteiger charge is 2.10. The van der Waals surface area contributed by atoms with Gasteiger partial charge in [-0.15, -0.1) is 0 Å². The van der Waals surface area contributed by atoms with E-state index in [1.807, 2.05) is 45.9 Å². The molecule has 0 radical (unpaired) electrons. The average molecular weight is 579 g/mol. The largest absolute Gasteiger partial charge is 0.508 e. The van der Waals surface area contributed by atoms with E-state index < -0.39 is 0 Å². The van der Waals surface area contributed by atoms with Gasteiger partial charge < -0.3 is 19.7 Å². The number of hydrogen-bond acceptors (Lipinski definition) is 6. The van der Waals surface area contributed by atoms with Crippen LogP contribution in [0.3, 0.4) is 0 Å². The molecule has 3 aromatic rings. The van der Waals surface area contributed by atoms with Gasteiger partial charge in [0.05, 0.1) is 19.6 Å². The molecular formula is C36H50O6. The molecule has 6 nitrogen and oxygen atoms in total. The summed E-state index contributed by atoms with van der Waals surface area (Å²) in [5.41, 5.74) is 3.39. The van der Waals surface area contributed by atoms with Crippen molar-refractivity contribution >= 4 is 11.9 Å². The van der Waals surface area contributed by atoms with Crippen LogP contribution in [-0.2, 0) is 25.5 Å². The lowest BCUT2D eigenvalue weighted by Gasteiger charge is -2.12. The molecule has 0 amide bonds. The molecule has 3 aromatic carbocycles. The number of carbonyl (C=O) groups excluding carboxylic acids is 2. The molecule has 0 spiro atoms. The van der Waals surface area contributed by atoms with Crippen LogP contribution in [0.25, 0.3) is 0 Å². The maximum atomic E-state index is 11.5. The lowest BCUT2D eigenvalue weighted by molar-refractivity contribution is -0.145. The highest BCUT2D eigenvalue weighted by Crippen LogP contribution is 2.22. The van der Waals surface area contributed by atoms with Crippen LogP contribution in [0.1, 0.15) is 89.8 Å². The van der Waals surface area contributed by atoms with Gasteiger partial charge >= 0.3 is 11.9 Å². The van der Waals surface area contributed by atoms with E-state index >= 15 is 0 Å². The molecule has 1 atom stereocenters. The average Bonchev–Trinajstić information content (AvgIpc) is 2.96. The van der Waals surface area contributed by atoms with Gasteiger partial charge in [0.25, 0.3) is 0 Å². The van der Waals surface area contributed by atoms with E-state index in [9.17, 15) is 14.7 Å². The second-order valence-corrected chi connectivity index (χ2v) is 11.6. The first-order chi connectivity index (χ1) is 19.9. The molecule has 0 saturated carbocycles. The number of esters is 2. The van der Waals surface area contributed by atoms with Gasteiger partial charge in [0.1, 0.15) is 11.5 Å². The maximum Gasteiger partial charge on any atom is 0.310 e. The zero-order valence-electron chi connectivity index (χ0n) is 26.4. The van der Waals surface area contributed by atoms with Gasteiger partial charge in [0, 0.05) is 6.42 Å². The first kappa shape index (κ1) is 36.2. The van der Waals surface area contributed by atoms with E-state index in [1.54, 1.807) is 36.4 Å². The molecule has 0 aromatic heterocycles. The summed E-state index contributed by atoms with van der Waals surface area (Å²) in [5.74, 6) is 1.79. The van der Waals surface area contributed by atoms with Gasteiger partial charge in [-0.1, -0.05) is 103 Å². The topological polar surface area (TPSA) is 93.1 Å². The molecule has 230 valence electrons. The molecule has 42 heavy (non-hydrogen) atoms. The number of rotatable bonds is 11. The van der Waals surface area contributed by atoms with Crippen molar-refractivity contribution in [2.24, 2.45) is 11.8 Å². The Morgan fingerprint density at radius 3 is 1.55 bits per heavy atom. The smallest absolute Gasteiger partial charge is 0.310 e. The summed E-state index contributed by atoms with van der Waals surface area (Å²) in [4.78, 5) is 22.8. The molecule has 3 rings (SSSR count). The third kappa shape index (κ3) is 17.1. The zero-order valence-corrected chi connectivity index (χ0v) is 26.4. The molecular weight excluding hydrogens is 528 g/mol. The molecule has 2 N–H and O–H groups in total. The Morgan fingerprint density at radius 2 is 1.10 bits per heavy atom. The Balaban J connectivity index is 0.000000331. The number of ether oxygens (including phenoxy) is 2. The fourth-order valence-electron chi connectivity index (χ4n) is 3.56. The van der Waals surface area contributed by atoms with Crippen LogP contribution in [-0.4, -0.2) is 35.4 Å². The van der Waals surface area contributed by atoms with Gasteiger partial charge in [-0.3, -0.25) is 9.59 Å². The fourth-order valence-corrected chi connectivity index (χ4v) is 3.56. The Kier molecular flexibility index (Phi) is 17.4. The van der Waals surface area contributed by atoms with Crippen LogP contribution < -0.4 is 0 Å². The summed E-state index contributed by atoms with van der Waals surface area (Å²) in [6, 6.07) is 24.2. The molecule has 0 aliphatic rings. The van der Waals surface area contributed by atoms with Gasteiger partial charge in [-0.25, -0.2) is 0 Å². The Bertz CT molecular complexity index is 1140. The third-order valence-electron chi connectivity index (χ3n) is 6.15. The minimum absolute atomic E-state index is 0.130. The molecule has 0 saturated heterocycles. The lowest BCUT2D eigenvalue weighted by Crippen LogP contribution is -2.12. The number of carbonyl (C=O) groups is 2. The molecule has 0 aliphatic heterocycles. The fraction of sp³-hybridized carbons (Fsp3) is 0.444. The number of benzene rings is 3. The Hall–Kier alpha value is -3.80. The van der Waals surface area contributed by atoms with Crippen LogP contribution >= 0.6 is 0 Å². The van der Waals surface area contributed by atoms with E-state index in [0.717, 1.165) is 17.5 Å². The Labute approximate surface area is 252 Å². The van der Waals surface area contributed by atoms with E-state index in [4.69, 9.17) is 14.6 Å². The summed E-state index contributed by atoms with van der Waals surface area (Å²) in [7, 11) is 0. The van der Waals surface area contributed by atoms with Crippen molar-refractivity contribution in [2.75, 3.05) is 13.2 Å². The SMILES string of the molecule is CC(C)COC(=O)CCC(C)c1ccc(O)cc1.CC(C)COC(=O)Cc1ccc(O)cc1.CC(C)c1ccccc1. The Morgan fingerprint density at radius 1 is 0.619 bits per heavy atom. The van der Waals surface area contributed by atoms with Crippen LogP contribution in [0, 0.1) is 11.8 Å². The lowest BCUT2D eigenvalue weighted by atomic mass is 9.96. The van der Waals surface area contributed by atoms with Crippen molar-refractivity contribution in [3.05, 3.63) is 95.6 Å². The normalized spacial score (nSPS) is 11.2. The van der Waals surface area contributed by atoms with E-state index in [0.29, 0.717) is 37.4 Å². The molecule has 0 fully saturated rings. The van der Waals surface area contributed by atoms with Gasteiger partial charge in [0.15, 0.2) is 0 Å². The van der Waals surface area contributed by atoms with Crippen molar-refractivity contribution in [3.8, 4) is 11.5 Å². The number of aromatic hydroxyl groups is 2. The zero-order chi connectivity index (χ0) is 31.5. The second-order valence-electron chi connectivity index (χ2n) is 11.6. The van der Waals surface area contributed by atoms with Gasteiger partial charge in [0.2, 0.25) is 0 Å². The standard InChI is InChI=1S/C15H22O3.C12H16O3.C9H12/c1-11(2)10-18-15(17)9-4-12(3)13-5-7-14(16)8-6-13;1-9(2)8-15-12(14)7-10-3-5-11(13)6-4-10;1-8(2)9-6-4-3-5-7-9/h5-8,11-12,16H,4,9-10H2,1-3H3;3-6,9,13H,7-8H2,1-2H3;3-8H,1-2H3. The molecule has 1 unspecified atom stereocenters. The predicted molar refractivity (Wildman–Crippen MR) is 170 cm³/mol. The predicted octanol–water partition coefficient (Wildman–Crippen LogP) is 8.42. The van der Waals surface area contributed by atoms with Crippen molar-refractivity contribution in [3.63, 3.8) is 0 Å². The summed E-state index contributed by atoms with van der Waals surface area (Å²) in [6.07, 6.45) is 1.46. The number of phenolic OH excluding ortho intramolecular Hbond substituents is 2. The van der Waals surface area contributed by atoms with Gasteiger partial charge in [-0.05, 0) is 71.0 Å². The van der Waals surface area contributed by atoms with Crippen molar-refractivity contribution in [1.82, 2.24) is 0 Å². The quantitative estimate of drug-likeness (QED) is 0.222. The van der Waals surface area contributed by atoms with Crippen molar-refractivity contribution in [2.45, 2.75) is 79.6 Å². The van der Waals surface area contributed by atoms with Crippen LogP contribution in [0.2, 0.25) is 0 Å². The first-order valence-electron chi connectivity index (χ1n) is 14.8. The van der Waals surface area contributed by atoms with Crippen LogP contribution in [0.15, 0.2) is 78.9 Å². The molecule has 0 heterocycles. The van der Waals surface area contributed by atoms with Crippen LogP contribution in [0.4, 0.5) is 0 Å². The van der Waals surface area contributed by atoms with Gasteiger partial charge in [-0.2, -0.15) is 0 Å². The molecule has 0 aliphatic carbocycles. The van der Waals surface area contributed by atoms with Crippen molar-refractivity contribution < 1.29 is 29.3 Å². The van der Waals surface area contributed by atoms with Crippen molar-refractivity contribution in [1.29, 1.82) is 0 Å². The van der Waals surface area contributed by atoms with Crippen LogP contribution in [0.5, 0.6) is 11.5 Å². The summed E-state index contributed by atoms with van der Waals surface area (Å²) in [5, 5.41) is 18.3. The van der Waals surface area contributed by atoms with E-state index in [2.05, 4.69) is 45.0 Å². The van der Waals surface area contributed by atoms with E-state index in [1.165, 1.54) is 5.56 Å². The minimum atomic E-state index is -0.227. The second kappa shape index (κ2) is 20.1. The van der Waals surface area contributed by atoms with E-state index in [-0.39, 0.29) is 35.8 Å². The summed E-state index contributed by atoms with van der Waals surface area (Å²) >= 11 is 0. The summed E-state index contributed by atoms with van der Waals surface area (Å²) < 4.78 is 10.2. The number of phenols is 2. The number of hydrogen-bond donors (Lipinski definition) is 2. The third-order valence-corrected chi connectivity index (χ3v) is 6.15. The summed E-state index contributed by atoms with van der Waals surface area (Å²) in [6.45, 7) is 15.5. The first-order valence-corrected chi connectivity index (χ1v) is 14.8. The molecule has 0 bridgehead atoms. The monoisotopic (exact) mass is 578 g/mol. The maximum absolute atomic E-state index is 11.5.